The van der Waals surface area contributed by atoms with E-state index >= 15 is 0 Å². The Balaban J connectivity index is 0.000000487. The lowest BCUT2D eigenvalue weighted by atomic mass is 9.96. The number of benzene rings is 1. The van der Waals surface area contributed by atoms with E-state index in [-0.39, 0.29) is 0 Å². The average molecular weight is 363 g/mol. The van der Waals surface area contributed by atoms with Gasteiger partial charge in [0.2, 0.25) is 0 Å². The largest absolute Gasteiger partial charge is 0.497 e. The number of methoxy groups -OCH3 is 1. The summed E-state index contributed by atoms with van der Waals surface area (Å²) in [5, 5.41) is 18.3. The van der Waals surface area contributed by atoms with E-state index in [0.29, 0.717) is 12.6 Å². The molecule has 7 heteroatoms. The molecule has 3 N–H and O–H groups in total. The van der Waals surface area contributed by atoms with Crippen LogP contribution in [0.15, 0.2) is 24.3 Å². The van der Waals surface area contributed by atoms with Gasteiger partial charge in [-0.25, -0.2) is 9.59 Å². The summed E-state index contributed by atoms with van der Waals surface area (Å²) in [6.07, 6.45) is 6.69. The third-order valence-corrected chi connectivity index (χ3v) is 3.76. The number of nitrogens with one attached hydrogen (secondary N) is 1. The summed E-state index contributed by atoms with van der Waals surface area (Å²) in [4.78, 5) is 18.2. The molecular formula is C19H25NO6. The van der Waals surface area contributed by atoms with Crippen LogP contribution in [0.3, 0.4) is 0 Å². The summed E-state index contributed by atoms with van der Waals surface area (Å²) in [5.41, 5.74) is 0. The number of hydrogen-bond donors (Lipinski definition) is 3. The molecule has 1 aromatic carbocycles. The van der Waals surface area contributed by atoms with Crippen LogP contribution in [0.25, 0.3) is 0 Å². The minimum absolute atomic E-state index is 0.429. The predicted octanol–water partition coefficient (Wildman–Crippen LogP) is 2.16. The van der Waals surface area contributed by atoms with E-state index < -0.39 is 11.9 Å². The number of carboxylic acids is 2. The summed E-state index contributed by atoms with van der Waals surface area (Å²) in [6.45, 7) is 1.19. The van der Waals surface area contributed by atoms with E-state index in [2.05, 4.69) is 17.2 Å². The highest BCUT2D eigenvalue weighted by Crippen LogP contribution is 2.17. The molecule has 0 amide bonds. The second kappa shape index (κ2) is 12.6. The van der Waals surface area contributed by atoms with Gasteiger partial charge < -0.3 is 25.0 Å². The Morgan fingerprint density at radius 1 is 1.04 bits per heavy atom. The smallest absolute Gasteiger partial charge is 0.414 e. The van der Waals surface area contributed by atoms with Crippen molar-refractivity contribution in [2.45, 2.75) is 38.1 Å². The minimum Gasteiger partial charge on any atom is -0.497 e. The molecule has 1 aliphatic rings. The second-order valence-corrected chi connectivity index (χ2v) is 5.64. The zero-order valence-electron chi connectivity index (χ0n) is 14.9. The molecule has 0 aliphatic heterocycles. The van der Waals surface area contributed by atoms with Gasteiger partial charge in [-0.1, -0.05) is 31.1 Å². The zero-order valence-corrected chi connectivity index (χ0v) is 14.9. The molecule has 26 heavy (non-hydrogen) atoms. The van der Waals surface area contributed by atoms with Crippen LogP contribution < -0.4 is 14.8 Å². The first-order chi connectivity index (χ1) is 12.5. The molecular weight excluding hydrogens is 338 g/mol. The monoisotopic (exact) mass is 363 g/mol. The van der Waals surface area contributed by atoms with Crippen LogP contribution in [-0.2, 0) is 9.59 Å². The molecule has 1 aliphatic carbocycles. The molecule has 0 spiro atoms. The Bertz CT molecular complexity index is 599. The standard InChI is InChI=1S/C17H23NO2.C2H2O4/c1-19-16-9-11-17(12-10-16)20-14-6-5-13-18-15-7-3-2-4-8-15;3-1(4)2(5)6/h9-12,15,18H,2-4,7-8,13-14H2,1H3;(H,3,4)(H,5,6). The van der Waals surface area contributed by atoms with Crippen molar-refractivity contribution in [3.63, 3.8) is 0 Å². The minimum atomic E-state index is -1.82. The highest BCUT2D eigenvalue weighted by atomic mass is 16.5. The summed E-state index contributed by atoms with van der Waals surface area (Å²) in [7, 11) is 1.65. The Morgan fingerprint density at radius 2 is 1.62 bits per heavy atom. The number of carboxylic acid groups (broad SMARTS) is 2. The normalized spacial score (nSPS) is 13.4. The fourth-order valence-electron chi connectivity index (χ4n) is 2.41. The van der Waals surface area contributed by atoms with Gasteiger partial charge in [0.15, 0.2) is 0 Å². The number of hydrogen-bond acceptors (Lipinski definition) is 5. The molecule has 0 bridgehead atoms. The molecule has 1 aromatic rings. The topological polar surface area (TPSA) is 105 Å². The molecule has 1 saturated carbocycles. The van der Waals surface area contributed by atoms with E-state index in [1.807, 2.05) is 24.3 Å². The zero-order chi connectivity index (χ0) is 19.2. The first-order valence-corrected chi connectivity index (χ1v) is 8.45. The molecule has 0 radical (unpaired) electrons. The highest BCUT2D eigenvalue weighted by Gasteiger charge is 2.11. The first-order valence-electron chi connectivity index (χ1n) is 8.45. The van der Waals surface area contributed by atoms with Crippen LogP contribution in [0.2, 0.25) is 0 Å². The van der Waals surface area contributed by atoms with Crippen LogP contribution in [0.5, 0.6) is 11.5 Å². The molecule has 0 aromatic heterocycles. The van der Waals surface area contributed by atoms with Gasteiger partial charge in [0.1, 0.15) is 18.1 Å². The van der Waals surface area contributed by atoms with Gasteiger partial charge in [-0.2, -0.15) is 0 Å². The maximum absolute atomic E-state index is 9.10. The summed E-state index contributed by atoms with van der Waals surface area (Å²) < 4.78 is 10.6. The van der Waals surface area contributed by atoms with E-state index in [4.69, 9.17) is 29.3 Å². The molecule has 7 nitrogen and oxygen atoms in total. The van der Waals surface area contributed by atoms with Crippen molar-refractivity contribution in [3.05, 3.63) is 24.3 Å². The van der Waals surface area contributed by atoms with Gasteiger partial charge in [-0.3, -0.25) is 0 Å². The van der Waals surface area contributed by atoms with Gasteiger partial charge >= 0.3 is 11.9 Å². The van der Waals surface area contributed by atoms with Gasteiger partial charge in [0, 0.05) is 6.04 Å². The third kappa shape index (κ3) is 9.55. The van der Waals surface area contributed by atoms with Crippen molar-refractivity contribution >= 4 is 11.9 Å². The van der Waals surface area contributed by atoms with Crippen LogP contribution in [0, 0.1) is 11.8 Å². The third-order valence-electron chi connectivity index (χ3n) is 3.76. The maximum atomic E-state index is 9.10. The fourth-order valence-corrected chi connectivity index (χ4v) is 2.41. The van der Waals surface area contributed by atoms with Crippen molar-refractivity contribution in [3.8, 4) is 23.3 Å². The molecule has 0 atom stereocenters. The van der Waals surface area contributed by atoms with Gasteiger partial charge in [-0.05, 0) is 37.1 Å². The van der Waals surface area contributed by atoms with Crippen molar-refractivity contribution in [1.29, 1.82) is 0 Å². The Kier molecular flexibility index (Phi) is 10.3. The Morgan fingerprint density at radius 3 is 2.15 bits per heavy atom. The van der Waals surface area contributed by atoms with Crippen LogP contribution >= 0.6 is 0 Å². The summed E-state index contributed by atoms with van der Waals surface area (Å²) in [5.74, 6) is 4.16. The van der Waals surface area contributed by atoms with Crippen LogP contribution in [0.1, 0.15) is 32.1 Å². The molecule has 2 rings (SSSR count). The quantitative estimate of drug-likeness (QED) is 0.544. The number of rotatable bonds is 5. The van der Waals surface area contributed by atoms with Gasteiger partial charge in [-0.15, -0.1) is 0 Å². The lowest BCUT2D eigenvalue weighted by Gasteiger charge is -2.21. The highest BCUT2D eigenvalue weighted by molar-refractivity contribution is 6.27. The predicted molar refractivity (Wildman–Crippen MR) is 96.4 cm³/mol. The number of aliphatic carboxylic acids is 2. The Hall–Kier alpha value is -2.72. The lowest BCUT2D eigenvalue weighted by Crippen LogP contribution is -2.31. The van der Waals surface area contributed by atoms with Crippen molar-refractivity contribution in [2.24, 2.45) is 0 Å². The lowest BCUT2D eigenvalue weighted by molar-refractivity contribution is -0.159. The van der Waals surface area contributed by atoms with E-state index in [0.717, 1.165) is 18.0 Å². The van der Waals surface area contributed by atoms with Crippen LogP contribution in [-0.4, -0.2) is 48.5 Å². The SMILES string of the molecule is COc1ccc(OCC#CCNC2CCCCC2)cc1.O=C(O)C(=O)O. The summed E-state index contributed by atoms with van der Waals surface area (Å²) in [6, 6.07) is 8.21. The van der Waals surface area contributed by atoms with Crippen molar-refractivity contribution < 1.29 is 29.3 Å². The van der Waals surface area contributed by atoms with Gasteiger partial charge in [0.25, 0.3) is 0 Å². The fraction of sp³-hybridized carbons (Fsp3) is 0.474. The Labute approximate surface area is 153 Å². The number of ether oxygens (including phenoxy) is 2. The second-order valence-electron chi connectivity index (χ2n) is 5.64. The van der Waals surface area contributed by atoms with Crippen molar-refractivity contribution in [1.82, 2.24) is 5.32 Å². The van der Waals surface area contributed by atoms with Crippen LogP contribution in [0.4, 0.5) is 0 Å². The molecule has 1 fully saturated rings. The van der Waals surface area contributed by atoms with E-state index in [1.165, 1.54) is 32.1 Å². The van der Waals surface area contributed by atoms with Gasteiger partial charge in [0.05, 0.1) is 13.7 Å². The molecule has 0 heterocycles. The van der Waals surface area contributed by atoms with E-state index in [9.17, 15) is 0 Å². The molecule has 0 unspecified atom stereocenters. The molecule has 142 valence electrons. The summed E-state index contributed by atoms with van der Waals surface area (Å²) >= 11 is 0. The van der Waals surface area contributed by atoms with Crippen molar-refractivity contribution in [2.75, 3.05) is 20.3 Å². The maximum Gasteiger partial charge on any atom is 0.414 e. The average Bonchev–Trinajstić information content (AvgIpc) is 2.66. The molecule has 0 saturated heterocycles. The van der Waals surface area contributed by atoms with E-state index in [1.54, 1.807) is 7.11 Å². The first kappa shape index (κ1) is 21.3. The number of carbonyl (C=O) groups is 2.